The average molecular weight is 446 g/mol. The van der Waals surface area contributed by atoms with Crippen LogP contribution in [0.1, 0.15) is 41.9 Å². The summed E-state index contributed by atoms with van der Waals surface area (Å²) in [6, 6.07) is 14.4. The van der Waals surface area contributed by atoms with E-state index >= 15 is 0 Å². The number of fused-ring (bicyclic) bond motifs is 3. The van der Waals surface area contributed by atoms with E-state index in [-0.39, 0.29) is 24.2 Å². The Bertz CT molecular complexity index is 1040. The van der Waals surface area contributed by atoms with E-state index in [2.05, 4.69) is 4.72 Å². The van der Waals surface area contributed by atoms with E-state index in [1.54, 1.807) is 0 Å². The molecule has 1 fully saturated rings. The van der Waals surface area contributed by atoms with Crippen LogP contribution >= 0.6 is 0 Å². The lowest BCUT2D eigenvalue weighted by Gasteiger charge is -2.23. The van der Waals surface area contributed by atoms with Crippen molar-refractivity contribution in [1.29, 1.82) is 0 Å². The molecule has 1 aliphatic carbocycles. The summed E-state index contributed by atoms with van der Waals surface area (Å²) in [5, 5.41) is 19.6. The van der Waals surface area contributed by atoms with Crippen LogP contribution in [0, 0.1) is 0 Å². The largest absolute Gasteiger partial charge is 0.489 e. The van der Waals surface area contributed by atoms with Gasteiger partial charge in [-0.25, -0.2) is 13.1 Å². The third kappa shape index (κ3) is 4.92. The van der Waals surface area contributed by atoms with Gasteiger partial charge < -0.3 is 14.9 Å². The van der Waals surface area contributed by atoms with Gasteiger partial charge in [0.05, 0.1) is 17.9 Å². The van der Waals surface area contributed by atoms with Crippen LogP contribution in [0.4, 0.5) is 0 Å². The number of hydrogen-bond acceptors (Lipinski definition) is 5. The van der Waals surface area contributed by atoms with Gasteiger partial charge >= 0.3 is 5.97 Å². The molecule has 1 heterocycles. The molecule has 8 heteroatoms. The number of benzene rings is 2. The number of nitrogens with one attached hydrogen (secondary N) is 1. The van der Waals surface area contributed by atoms with Crippen molar-refractivity contribution in [1.82, 2.24) is 4.72 Å². The summed E-state index contributed by atoms with van der Waals surface area (Å²) in [4.78, 5) is 10.9. The second-order valence-electron chi connectivity index (χ2n) is 8.26. The van der Waals surface area contributed by atoms with Crippen molar-refractivity contribution in [3.63, 3.8) is 0 Å². The first-order chi connectivity index (χ1) is 14.8. The first-order valence-corrected chi connectivity index (χ1v) is 12.2. The van der Waals surface area contributed by atoms with Crippen LogP contribution in [0.2, 0.25) is 0 Å². The molecule has 2 aromatic rings. The first-order valence-electron chi connectivity index (χ1n) is 10.6. The number of aliphatic hydroxyl groups is 1. The fraction of sp³-hybridized carbons (Fsp3) is 0.435. The molecule has 0 aromatic heterocycles. The van der Waals surface area contributed by atoms with E-state index < -0.39 is 28.1 Å². The molecule has 166 valence electrons. The molecule has 0 amide bonds. The van der Waals surface area contributed by atoms with Gasteiger partial charge in [-0.3, -0.25) is 4.79 Å². The molecule has 7 nitrogen and oxygen atoms in total. The van der Waals surface area contributed by atoms with Crippen molar-refractivity contribution in [2.75, 3.05) is 5.75 Å². The maximum absolute atomic E-state index is 12.8. The second-order valence-corrected chi connectivity index (χ2v) is 10.1. The van der Waals surface area contributed by atoms with Crippen molar-refractivity contribution in [2.45, 2.75) is 56.3 Å². The van der Waals surface area contributed by atoms with E-state index in [1.807, 2.05) is 48.5 Å². The van der Waals surface area contributed by atoms with Crippen LogP contribution in [0.3, 0.4) is 0 Å². The Hall–Kier alpha value is -2.42. The normalized spacial score (nSPS) is 24.4. The van der Waals surface area contributed by atoms with Crippen LogP contribution in [-0.2, 0) is 27.7 Å². The monoisotopic (exact) mass is 445 g/mol. The average Bonchev–Trinajstić information content (AvgIpc) is 3.23. The molecule has 0 spiro atoms. The Labute approximate surface area is 182 Å². The molecule has 1 aliphatic heterocycles. The molecule has 2 aromatic carbocycles. The minimum absolute atomic E-state index is 0.0639. The smallest absolute Gasteiger partial charge is 0.303 e. The maximum atomic E-state index is 12.8. The lowest BCUT2D eigenvalue weighted by atomic mass is 9.88. The Morgan fingerprint density at radius 2 is 1.87 bits per heavy atom. The van der Waals surface area contributed by atoms with Gasteiger partial charge in [-0.05, 0) is 36.5 Å². The summed E-state index contributed by atoms with van der Waals surface area (Å²) >= 11 is 0. The highest BCUT2D eigenvalue weighted by atomic mass is 32.2. The summed E-state index contributed by atoms with van der Waals surface area (Å²) in [6.45, 7) is 0. The number of rotatable bonds is 9. The molecule has 3 N–H and O–H groups in total. The zero-order chi connectivity index (χ0) is 22.0. The highest BCUT2D eigenvalue weighted by Crippen LogP contribution is 2.49. The fourth-order valence-corrected chi connectivity index (χ4v) is 6.03. The number of sulfonamides is 1. The SMILES string of the molecule is O=C(O)CCCc1cccc2c1C1C(CC(O)C1NS(=O)(=O)CCc1ccccc1)O2. The van der Waals surface area contributed by atoms with Gasteiger partial charge in [-0.2, -0.15) is 0 Å². The Morgan fingerprint density at radius 1 is 1.10 bits per heavy atom. The predicted molar refractivity (Wildman–Crippen MR) is 116 cm³/mol. The summed E-state index contributed by atoms with van der Waals surface area (Å²) in [7, 11) is -3.62. The van der Waals surface area contributed by atoms with Gasteiger partial charge in [-0.1, -0.05) is 42.5 Å². The molecule has 0 radical (unpaired) electrons. The van der Waals surface area contributed by atoms with Crippen molar-refractivity contribution in [3.05, 3.63) is 65.2 Å². The third-order valence-electron chi connectivity index (χ3n) is 6.10. The van der Waals surface area contributed by atoms with E-state index in [1.165, 1.54) is 0 Å². The summed E-state index contributed by atoms with van der Waals surface area (Å²) < 4.78 is 34.4. The Kier molecular flexibility index (Phi) is 6.31. The topological polar surface area (TPSA) is 113 Å². The molecule has 4 atom stereocenters. The molecular formula is C23H27NO6S. The van der Waals surface area contributed by atoms with Crippen LogP contribution in [0.15, 0.2) is 48.5 Å². The first kappa shape index (κ1) is 21.8. The molecule has 4 rings (SSSR count). The number of carboxylic acids is 1. The zero-order valence-corrected chi connectivity index (χ0v) is 17.9. The van der Waals surface area contributed by atoms with Gasteiger partial charge in [0.25, 0.3) is 0 Å². The predicted octanol–water partition coefficient (Wildman–Crippen LogP) is 2.23. The Morgan fingerprint density at radius 3 is 2.61 bits per heavy atom. The number of aryl methyl sites for hydroxylation is 2. The van der Waals surface area contributed by atoms with Crippen molar-refractivity contribution >= 4 is 16.0 Å². The summed E-state index contributed by atoms with van der Waals surface area (Å²) in [6.07, 6.45) is 0.705. The highest BCUT2D eigenvalue weighted by Gasteiger charge is 2.51. The third-order valence-corrected chi connectivity index (χ3v) is 7.47. The van der Waals surface area contributed by atoms with Gasteiger partial charge in [0.2, 0.25) is 10.0 Å². The van der Waals surface area contributed by atoms with Crippen molar-refractivity contribution in [3.8, 4) is 5.75 Å². The highest BCUT2D eigenvalue weighted by molar-refractivity contribution is 7.89. The minimum atomic E-state index is -3.62. The van der Waals surface area contributed by atoms with Gasteiger partial charge in [0, 0.05) is 24.3 Å². The zero-order valence-electron chi connectivity index (χ0n) is 17.1. The number of aliphatic hydroxyl groups excluding tert-OH is 1. The van der Waals surface area contributed by atoms with Crippen LogP contribution in [0.5, 0.6) is 5.75 Å². The van der Waals surface area contributed by atoms with Gasteiger partial charge in [0.15, 0.2) is 0 Å². The number of aliphatic carboxylic acids is 1. The van der Waals surface area contributed by atoms with E-state index in [0.717, 1.165) is 16.7 Å². The minimum Gasteiger partial charge on any atom is -0.489 e. The second kappa shape index (κ2) is 8.98. The molecule has 31 heavy (non-hydrogen) atoms. The van der Waals surface area contributed by atoms with Crippen LogP contribution < -0.4 is 9.46 Å². The number of hydrogen-bond donors (Lipinski definition) is 3. The van der Waals surface area contributed by atoms with Crippen molar-refractivity contribution < 1.29 is 28.2 Å². The van der Waals surface area contributed by atoms with E-state index in [0.29, 0.717) is 31.4 Å². The summed E-state index contributed by atoms with van der Waals surface area (Å²) in [5.74, 6) is -0.506. The fourth-order valence-electron chi connectivity index (χ4n) is 4.69. The standard InChI is InChI=1S/C23H27NO6S/c25-17-14-19-22(21-16(9-5-11-20(26)27)8-4-10-18(21)30-19)23(17)24-31(28,29)13-12-15-6-2-1-3-7-15/h1-4,6-8,10,17,19,22-25H,5,9,11-14H2,(H,26,27). The van der Waals surface area contributed by atoms with Crippen LogP contribution in [-0.4, -0.2) is 48.6 Å². The molecule has 1 saturated carbocycles. The molecule has 0 bridgehead atoms. The lowest BCUT2D eigenvalue weighted by Crippen LogP contribution is -2.44. The number of carboxylic acid groups (broad SMARTS) is 1. The van der Waals surface area contributed by atoms with E-state index in [9.17, 15) is 18.3 Å². The quantitative estimate of drug-likeness (QED) is 0.546. The molecule has 0 saturated heterocycles. The maximum Gasteiger partial charge on any atom is 0.303 e. The van der Waals surface area contributed by atoms with Crippen LogP contribution in [0.25, 0.3) is 0 Å². The van der Waals surface area contributed by atoms with Gasteiger partial charge in [0.1, 0.15) is 11.9 Å². The Balaban J connectivity index is 1.51. The molecular weight excluding hydrogens is 418 g/mol. The molecule has 2 aliphatic rings. The van der Waals surface area contributed by atoms with E-state index in [4.69, 9.17) is 9.84 Å². The number of carbonyl (C=O) groups is 1. The lowest BCUT2D eigenvalue weighted by molar-refractivity contribution is -0.137. The number of ether oxygens (including phenoxy) is 1. The van der Waals surface area contributed by atoms with Gasteiger partial charge in [-0.15, -0.1) is 0 Å². The van der Waals surface area contributed by atoms with Crippen molar-refractivity contribution in [2.24, 2.45) is 0 Å². The molecule has 4 unspecified atom stereocenters. The summed E-state index contributed by atoms with van der Waals surface area (Å²) in [5.41, 5.74) is 2.78.